The van der Waals surface area contributed by atoms with Gasteiger partial charge in [-0.25, -0.2) is 0 Å². The molecule has 0 saturated carbocycles. The highest BCUT2D eigenvalue weighted by Gasteiger charge is 2.14. The number of methoxy groups -OCH3 is 1. The van der Waals surface area contributed by atoms with Gasteiger partial charge in [0.2, 0.25) is 0 Å². The zero-order chi connectivity index (χ0) is 14.9. The second-order valence-electron chi connectivity index (χ2n) is 5.29. The molecule has 1 heterocycles. The van der Waals surface area contributed by atoms with Crippen LogP contribution in [0.15, 0.2) is 24.3 Å². The van der Waals surface area contributed by atoms with Gasteiger partial charge in [0.15, 0.2) is 0 Å². The van der Waals surface area contributed by atoms with Crippen molar-refractivity contribution in [3.63, 3.8) is 0 Å². The minimum atomic E-state index is -0.0437. The van der Waals surface area contributed by atoms with Gasteiger partial charge in [0.25, 0.3) is 5.91 Å². The molecule has 0 spiro atoms. The van der Waals surface area contributed by atoms with Crippen LogP contribution in [-0.4, -0.2) is 45.9 Å². The molecule has 1 aliphatic rings. The molecule has 1 fully saturated rings. The lowest BCUT2D eigenvalue weighted by molar-refractivity contribution is 0.0944. The quantitative estimate of drug-likeness (QED) is 0.747. The van der Waals surface area contributed by atoms with Gasteiger partial charge in [-0.1, -0.05) is 6.07 Å². The van der Waals surface area contributed by atoms with Crippen molar-refractivity contribution in [3.8, 4) is 5.75 Å². The Morgan fingerprint density at radius 3 is 3.10 bits per heavy atom. The normalized spacial score (nSPS) is 18.2. The molecular weight excluding hydrogens is 268 g/mol. The van der Waals surface area contributed by atoms with Gasteiger partial charge in [-0.05, 0) is 50.0 Å². The van der Waals surface area contributed by atoms with E-state index in [4.69, 9.17) is 9.47 Å². The third-order valence-electron chi connectivity index (χ3n) is 3.60. The van der Waals surface area contributed by atoms with Gasteiger partial charge in [-0.15, -0.1) is 0 Å². The molecule has 1 amide bonds. The monoisotopic (exact) mass is 292 g/mol. The Labute approximate surface area is 126 Å². The maximum absolute atomic E-state index is 12.2. The molecule has 2 N–H and O–H groups in total. The van der Waals surface area contributed by atoms with Crippen LogP contribution in [0.5, 0.6) is 5.75 Å². The fraction of sp³-hybridized carbons (Fsp3) is 0.562. The molecule has 0 radical (unpaired) electrons. The molecule has 2 rings (SSSR count). The van der Waals surface area contributed by atoms with E-state index in [2.05, 4.69) is 10.6 Å². The number of piperidine rings is 1. The van der Waals surface area contributed by atoms with Gasteiger partial charge < -0.3 is 20.1 Å². The number of hydrogen-bond acceptors (Lipinski definition) is 4. The van der Waals surface area contributed by atoms with Crippen molar-refractivity contribution in [1.29, 1.82) is 0 Å². The molecule has 1 aliphatic heterocycles. The molecule has 1 aromatic carbocycles. The number of hydrogen-bond donors (Lipinski definition) is 2. The van der Waals surface area contributed by atoms with E-state index < -0.39 is 0 Å². The van der Waals surface area contributed by atoms with E-state index in [9.17, 15) is 4.79 Å². The molecular formula is C16H24N2O3. The number of carbonyl (C=O) groups is 1. The zero-order valence-electron chi connectivity index (χ0n) is 12.6. The Kier molecular flexibility index (Phi) is 6.50. The van der Waals surface area contributed by atoms with E-state index in [0.717, 1.165) is 19.6 Å². The van der Waals surface area contributed by atoms with Gasteiger partial charge in [0.05, 0.1) is 6.61 Å². The average Bonchev–Trinajstić information content (AvgIpc) is 2.54. The second-order valence-corrected chi connectivity index (χ2v) is 5.29. The molecule has 0 bridgehead atoms. The first kappa shape index (κ1) is 15.8. The molecule has 0 aliphatic carbocycles. The Morgan fingerprint density at radius 1 is 1.43 bits per heavy atom. The third-order valence-corrected chi connectivity index (χ3v) is 3.60. The highest BCUT2D eigenvalue weighted by molar-refractivity contribution is 5.94. The largest absolute Gasteiger partial charge is 0.491 e. The number of benzene rings is 1. The summed E-state index contributed by atoms with van der Waals surface area (Å²) in [6, 6.07) is 7.25. The first-order valence-electron chi connectivity index (χ1n) is 7.50. The zero-order valence-corrected chi connectivity index (χ0v) is 12.6. The maximum Gasteiger partial charge on any atom is 0.251 e. The summed E-state index contributed by atoms with van der Waals surface area (Å²) in [6.07, 6.45) is 2.36. The van der Waals surface area contributed by atoms with Crippen molar-refractivity contribution in [2.75, 3.05) is 40.0 Å². The molecule has 1 aromatic rings. The van der Waals surface area contributed by atoms with Crippen molar-refractivity contribution < 1.29 is 14.3 Å². The smallest absolute Gasteiger partial charge is 0.251 e. The predicted molar refractivity (Wildman–Crippen MR) is 81.7 cm³/mol. The van der Waals surface area contributed by atoms with Crippen LogP contribution >= 0.6 is 0 Å². The van der Waals surface area contributed by atoms with Gasteiger partial charge in [-0.2, -0.15) is 0 Å². The van der Waals surface area contributed by atoms with E-state index >= 15 is 0 Å². The van der Waals surface area contributed by atoms with Crippen LogP contribution in [0.4, 0.5) is 0 Å². The van der Waals surface area contributed by atoms with E-state index in [1.807, 2.05) is 12.1 Å². The first-order valence-corrected chi connectivity index (χ1v) is 7.50. The lowest BCUT2D eigenvalue weighted by atomic mass is 9.99. The Hall–Kier alpha value is -1.59. The van der Waals surface area contributed by atoms with E-state index in [-0.39, 0.29) is 5.91 Å². The molecule has 116 valence electrons. The number of carbonyl (C=O) groups excluding carboxylic acids is 1. The van der Waals surface area contributed by atoms with Crippen LogP contribution in [0.3, 0.4) is 0 Å². The second kappa shape index (κ2) is 8.64. The fourth-order valence-electron chi connectivity index (χ4n) is 2.41. The van der Waals surface area contributed by atoms with Crippen molar-refractivity contribution in [1.82, 2.24) is 10.6 Å². The Balaban J connectivity index is 1.82. The molecule has 1 atom stereocenters. The highest BCUT2D eigenvalue weighted by atomic mass is 16.5. The Morgan fingerprint density at radius 2 is 2.33 bits per heavy atom. The van der Waals surface area contributed by atoms with Crippen LogP contribution in [0.1, 0.15) is 23.2 Å². The summed E-state index contributed by atoms with van der Waals surface area (Å²) >= 11 is 0. The molecule has 0 aromatic heterocycles. The van der Waals surface area contributed by atoms with Crippen molar-refractivity contribution in [3.05, 3.63) is 29.8 Å². The van der Waals surface area contributed by atoms with Crippen LogP contribution in [0.25, 0.3) is 0 Å². The van der Waals surface area contributed by atoms with E-state index in [1.165, 1.54) is 12.8 Å². The molecule has 1 unspecified atom stereocenters. The topological polar surface area (TPSA) is 59.6 Å². The summed E-state index contributed by atoms with van der Waals surface area (Å²) in [4.78, 5) is 12.2. The number of ether oxygens (including phenoxy) is 2. The average molecular weight is 292 g/mol. The van der Waals surface area contributed by atoms with Gasteiger partial charge in [0.1, 0.15) is 12.4 Å². The molecule has 5 heteroatoms. The minimum Gasteiger partial charge on any atom is -0.491 e. The van der Waals surface area contributed by atoms with E-state index in [1.54, 1.807) is 19.2 Å². The van der Waals surface area contributed by atoms with Crippen LogP contribution < -0.4 is 15.4 Å². The SMILES string of the molecule is COCCOc1cccc(C(=O)NCC2CCCNC2)c1. The minimum absolute atomic E-state index is 0.0437. The standard InChI is InChI=1S/C16H24N2O3/c1-20-8-9-21-15-6-2-5-14(10-15)16(19)18-12-13-4-3-7-17-11-13/h2,5-6,10,13,17H,3-4,7-9,11-12H2,1H3,(H,18,19). The number of nitrogens with one attached hydrogen (secondary N) is 2. The van der Waals surface area contributed by atoms with E-state index in [0.29, 0.717) is 30.4 Å². The summed E-state index contributed by atoms with van der Waals surface area (Å²) in [5.41, 5.74) is 0.633. The summed E-state index contributed by atoms with van der Waals surface area (Å²) < 4.78 is 10.5. The van der Waals surface area contributed by atoms with Crippen LogP contribution in [0, 0.1) is 5.92 Å². The van der Waals surface area contributed by atoms with Crippen molar-refractivity contribution >= 4 is 5.91 Å². The summed E-state index contributed by atoms with van der Waals surface area (Å²) in [7, 11) is 1.63. The van der Waals surface area contributed by atoms with Gasteiger partial charge in [0, 0.05) is 19.2 Å². The molecule has 21 heavy (non-hydrogen) atoms. The fourth-order valence-corrected chi connectivity index (χ4v) is 2.41. The summed E-state index contributed by atoms with van der Waals surface area (Å²) in [6.45, 7) is 3.81. The Bertz CT molecular complexity index is 445. The third kappa shape index (κ3) is 5.36. The van der Waals surface area contributed by atoms with Gasteiger partial charge >= 0.3 is 0 Å². The predicted octanol–water partition coefficient (Wildman–Crippen LogP) is 1.44. The lowest BCUT2D eigenvalue weighted by Crippen LogP contribution is -2.38. The number of rotatable bonds is 7. The lowest BCUT2D eigenvalue weighted by Gasteiger charge is -2.22. The highest BCUT2D eigenvalue weighted by Crippen LogP contribution is 2.14. The molecule has 1 saturated heterocycles. The van der Waals surface area contributed by atoms with Crippen LogP contribution in [-0.2, 0) is 4.74 Å². The summed E-state index contributed by atoms with van der Waals surface area (Å²) in [5.74, 6) is 1.18. The molecule has 5 nitrogen and oxygen atoms in total. The van der Waals surface area contributed by atoms with Gasteiger partial charge in [-0.3, -0.25) is 4.79 Å². The summed E-state index contributed by atoms with van der Waals surface area (Å²) in [5, 5.41) is 6.36. The maximum atomic E-state index is 12.2. The van der Waals surface area contributed by atoms with Crippen LogP contribution in [0.2, 0.25) is 0 Å². The van der Waals surface area contributed by atoms with Crippen molar-refractivity contribution in [2.45, 2.75) is 12.8 Å². The van der Waals surface area contributed by atoms with Crippen molar-refractivity contribution in [2.24, 2.45) is 5.92 Å². The first-order chi connectivity index (χ1) is 10.3. The number of amides is 1.